The van der Waals surface area contributed by atoms with E-state index in [-0.39, 0.29) is 11.3 Å². The first-order valence-electron chi connectivity index (χ1n) is 5.40. The lowest BCUT2D eigenvalue weighted by atomic mass is 10.1. The molecule has 0 fully saturated rings. The first-order valence-corrected chi connectivity index (χ1v) is 6.28. The zero-order valence-corrected chi connectivity index (χ0v) is 10.7. The Labute approximate surface area is 111 Å². The Balaban J connectivity index is 2.25. The summed E-state index contributed by atoms with van der Waals surface area (Å²) in [5.74, 6) is -0.410. The van der Waals surface area contributed by atoms with Crippen LogP contribution in [0.4, 0.5) is 18.9 Å². The van der Waals surface area contributed by atoms with E-state index in [1.54, 1.807) is 17.5 Å². The van der Waals surface area contributed by atoms with Crippen molar-refractivity contribution in [2.24, 2.45) is 0 Å². The van der Waals surface area contributed by atoms with Gasteiger partial charge in [0.25, 0.3) is 5.91 Å². The number of thiophene rings is 1. The predicted molar refractivity (Wildman–Crippen MR) is 68.5 cm³/mol. The van der Waals surface area contributed by atoms with E-state index in [4.69, 9.17) is 0 Å². The van der Waals surface area contributed by atoms with Crippen LogP contribution in [0.3, 0.4) is 0 Å². The molecular weight excluding hydrogens is 275 g/mol. The molecule has 1 aromatic carbocycles. The topological polar surface area (TPSA) is 29.1 Å². The van der Waals surface area contributed by atoms with Gasteiger partial charge in [-0.25, -0.2) is 0 Å². The van der Waals surface area contributed by atoms with Gasteiger partial charge in [-0.1, -0.05) is 12.1 Å². The van der Waals surface area contributed by atoms with Gasteiger partial charge in [-0.05, 0) is 36.1 Å². The van der Waals surface area contributed by atoms with Crippen molar-refractivity contribution in [3.8, 4) is 0 Å². The second kappa shape index (κ2) is 5.05. The number of hydrogen-bond donors (Lipinski definition) is 1. The highest BCUT2D eigenvalue weighted by Crippen LogP contribution is 2.33. The van der Waals surface area contributed by atoms with Crippen molar-refractivity contribution in [1.82, 2.24) is 0 Å². The van der Waals surface area contributed by atoms with Crippen LogP contribution >= 0.6 is 11.3 Å². The van der Waals surface area contributed by atoms with Crippen LogP contribution in [0.1, 0.15) is 20.8 Å². The summed E-state index contributed by atoms with van der Waals surface area (Å²) in [4.78, 5) is 12.2. The average Bonchev–Trinajstić information content (AvgIpc) is 2.83. The van der Waals surface area contributed by atoms with E-state index in [2.05, 4.69) is 5.32 Å². The molecule has 100 valence electrons. The summed E-state index contributed by atoms with van der Waals surface area (Å²) in [6.45, 7) is 1.38. The molecule has 0 spiro atoms. The van der Waals surface area contributed by atoms with Gasteiger partial charge >= 0.3 is 6.18 Å². The van der Waals surface area contributed by atoms with Crippen molar-refractivity contribution >= 4 is 22.9 Å². The largest absolute Gasteiger partial charge is 0.416 e. The fourth-order valence-corrected chi connectivity index (χ4v) is 2.22. The molecule has 0 atom stereocenters. The number of hydrogen-bond acceptors (Lipinski definition) is 2. The molecule has 0 unspecified atom stereocenters. The molecule has 0 aliphatic carbocycles. The van der Waals surface area contributed by atoms with Gasteiger partial charge in [0.2, 0.25) is 0 Å². The summed E-state index contributed by atoms with van der Waals surface area (Å²) in [5, 5.41) is 4.18. The fourth-order valence-electron chi connectivity index (χ4n) is 1.61. The Morgan fingerprint density at radius 2 is 2.00 bits per heavy atom. The average molecular weight is 285 g/mol. The van der Waals surface area contributed by atoms with Crippen LogP contribution in [-0.4, -0.2) is 5.91 Å². The van der Waals surface area contributed by atoms with Gasteiger partial charge in [-0.15, -0.1) is 11.3 Å². The number of benzene rings is 1. The second-order valence-corrected chi connectivity index (χ2v) is 4.91. The van der Waals surface area contributed by atoms with Gasteiger partial charge in [-0.3, -0.25) is 4.79 Å². The lowest BCUT2D eigenvalue weighted by Crippen LogP contribution is -2.12. The van der Waals surface area contributed by atoms with Crippen LogP contribution in [0, 0.1) is 6.92 Å². The standard InChI is InChI=1S/C13H10F3NOS/c1-8-4-5-9(7-10(8)13(14,15)16)17-12(18)11-3-2-6-19-11/h2-7H,1H3,(H,17,18). The zero-order chi connectivity index (χ0) is 14.0. The van der Waals surface area contributed by atoms with Crippen LogP contribution in [0.5, 0.6) is 0 Å². The molecule has 1 N–H and O–H groups in total. The van der Waals surface area contributed by atoms with E-state index < -0.39 is 17.6 Å². The monoisotopic (exact) mass is 285 g/mol. The van der Waals surface area contributed by atoms with E-state index in [0.29, 0.717) is 4.88 Å². The van der Waals surface area contributed by atoms with Crippen molar-refractivity contribution in [3.05, 3.63) is 51.7 Å². The zero-order valence-electron chi connectivity index (χ0n) is 9.91. The molecule has 2 rings (SSSR count). The maximum atomic E-state index is 12.7. The molecule has 2 aromatic rings. The second-order valence-electron chi connectivity index (χ2n) is 3.96. The SMILES string of the molecule is Cc1ccc(NC(=O)c2cccs2)cc1C(F)(F)F. The Kier molecular flexibility index (Phi) is 3.61. The molecule has 1 heterocycles. The highest BCUT2D eigenvalue weighted by molar-refractivity contribution is 7.12. The number of amides is 1. The Hall–Kier alpha value is -1.82. The Morgan fingerprint density at radius 3 is 2.58 bits per heavy atom. The molecular formula is C13H10F3NOS. The molecule has 19 heavy (non-hydrogen) atoms. The minimum atomic E-state index is -4.42. The number of nitrogens with one attached hydrogen (secondary N) is 1. The van der Waals surface area contributed by atoms with Gasteiger partial charge in [0.15, 0.2) is 0 Å². The summed E-state index contributed by atoms with van der Waals surface area (Å²) in [7, 11) is 0. The fraction of sp³-hybridized carbons (Fsp3) is 0.154. The lowest BCUT2D eigenvalue weighted by molar-refractivity contribution is -0.138. The van der Waals surface area contributed by atoms with Gasteiger partial charge in [0.05, 0.1) is 10.4 Å². The molecule has 1 aromatic heterocycles. The number of rotatable bonds is 2. The Bertz CT molecular complexity index is 590. The van der Waals surface area contributed by atoms with Gasteiger partial charge in [0, 0.05) is 5.69 Å². The maximum Gasteiger partial charge on any atom is 0.416 e. The minimum absolute atomic E-state index is 0.127. The first-order chi connectivity index (χ1) is 8.88. The van der Waals surface area contributed by atoms with Crippen LogP contribution in [0.2, 0.25) is 0 Å². The molecule has 0 bridgehead atoms. The summed E-state index contributed by atoms with van der Waals surface area (Å²) in [6, 6.07) is 7.05. The number of alkyl halides is 3. The summed E-state index contributed by atoms with van der Waals surface area (Å²) in [6.07, 6.45) is -4.42. The quantitative estimate of drug-likeness (QED) is 0.874. The normalized spacial score (nSPS) is 11.4. The molecule has 2 nitrogen and oxygen atoms in total. The van der Waals surface area contributed by atoms with Crippen molar-refractivity contribution in [2.45, 2.75) is 13.1 Å². The third-order valence-electron chi connectivity index (χ3n) is 2.55. The van der Waals surface area contributed by atoms with E-state index in [1.165, 1.54) is 30.4 Å². The number of carbonyl (C=O) groups excluding carboxylic acids is 1. The van der Waals surface area contributed by atoms with E-state index in [0.717, 1.165) is 6.07 Å². The van der Waals surface area contributed by atoms with Gasteiger partial charge in [-0.2, -0.15) is 13.2 Å². The van der Waals surface area contributed by atoms with Crippen molar-refractivity contribution in [3.63, 3.8) is 0 Å². The lowest BCUT2D eigenvalue weighted by Gasteiger charge is -2.12. The number of aryl methyl sites for hydroxylation is 1. The van der Waals surface area contributed by atoms with E-state index in [1.807, 2.05) is 0 Å². The van der Waals surface area contributed by atoms with Crippen molar-refractivity contribution in [1.29, 1.82) is 0 Å². The van der Waals surface area contributed by atoms with Crippen LogP contribution in [-0.2, 0) is 6.18 Å². The van der Waals surface area contributed by atoms with Crippen LogP contribution in [0.25, 0.3) is 0 Å². The molecule has 1 amide bonds. The summed E-state index contributed by atoms with van der Waals surface area (Å²) < 4.78 is 38.2. The maximum absolute atomic E-state index is 12.7. The smallest absolute Gasteiger partial charge is 0.321 e. The van der Waals surface area contributed by atoms with Gasteiger partial charge in [0.1, 0.15) is 0 Å². The highest BCUT2D eigenvalue weighted by atomic mass is 32.1. The summed E-state index contributed by atoms with van der Waals surface area (Å²) in [5.41, 5.74) is -0.477. The number of anilines is 1. The van der Waals surface area contributed by atoms with E-state index in [9.17, 15) is 18.0 Å². The third-order valence-corrected chi connectivity index (χ3v) is 3.41. The van der Waals surface area contributed by atoms with Crippen LogP contribution < -0.4 is 5.32 Å². The van der Waals surface area contributed by atoms with E-state index >= 15 is 0 Å². The molecule has 0 aliphatic heterocycles. The van der Waals surface area contributed by atoms with Crippen LogP contribution in [0.15, 0.2) is 35.7 Å². The first kappa shape index (κ1) is 13.6. The minimum Gasteiger partial charge on any atom is -0.321 e. The molecule has 0 radical (unpaired) electrons. The highest BCUT2D eigenvalue weighted by Gasteiger charge is 2.32. The summed E-state index contributed by atoms with van der Waals surface area (Å²) >= 11 is 1.23. The molecule has 0 aliphatic rings. The van der Waals surface area contributed by atoms with Crippen molar-refractivity contribution < 1.29 is 18.0 Å². The third kappa shape index (κ3) is 3.14. The Morgan fingerprint density at radius 1 is 1.26 bits per heavy atom. The van der Waals surface area contributed by atoms with Crippen molar-refractivity contribution in [2.75, 3.05) is 5.32 Å². The number of carbonyl (C=O) groups is 1. The number of halogens is 3. The molecule has 0 saturated carbocycles. The molecule has 6 heteroatoms. The van der Waals surface area contributed by atoms with Gasteiger partial charge < -0.3 is 5.32 Å². The molecule has 0 saturated heterocycles. The predicted octanol–water partition coefficient (Wildman–Crippen LogP) is 4.33.